The van der Waals surface area contributed by atoms with Crippen LogP contribution >= 0.6 is 24.8 Å². The second-order valence-corrected chi connectivity index (χ2v) is 7.41. The van der Waals surface area contributed by atoms with Crippen LogP contribution in [0.25, 0.3) is 0 Å². The summed E-state index contributed by atoms with van der Waals surface area (Å²) in [6.07, 6.45) is 6.17. The molecule has 1 aliphatic carbocycles. The maximum atomic E-state index is 12.6. The summed E-state index contributed by atoms with van der Waals surface area (Å²) in [7, 11) is 0. The number of para-hydroxylation sites is 1. The van der Waals surface area contributed by atoms with Gasteiger partial charge in [-0.25, -0.2) is 0 Å². The Hall–Kier alpha value is -0.970. The Morgan fingerprint density at radius 1 is 1.12 bits per heavy atom. The molecule has 0 aromatic heterocycles. The van der Waals surface area contributed by atoms with E-state index in [1.807, 2.05) is 13.0 Å². The van der Waals surface area contributed by atoms with Gasteiger partial charge in [-0.15, -0.1) is 24.8 Å². The number of benzene rings is 1. The zero-order valence-corrected chi connectivity index (χ0v) is 16.6. The lowest BCUT2D eigenvalue weighted by Crippen LogP contribution is -2.55. The highest BCUT2D eigenvalue weighted by molar-refractivity contribution is 5.85. The number of anilines is 1. The summed E-state index contributed by atoms with van der Waals surface area (Å²) < 4.78 is 0. The molecule has 0 radical (unpaired) electrons. The Labute approximate surface area is 163 Å². The molecule has 2 unspecified atom stereocenters. The number of rotatable bonds is 3. The SMILES string of the molecule is CC1(N)CCCCC1C(=O)NC1CCN(c2ccccc2)CC1.Cl.Cl. The first kappa shape index (κ1) is 22.1. The normalized spacial score (nSPS) is 27.0. The smallest absolute Gasteiger partial charge is 0.225 e. The minimum Gasteiger partial charge on any atom is -0.371 e. The van der Waals surface area contributed by atoms with Crippen LogP contribution in [0, 0.1) is 5.92 Å². The van der Waals surface area contributed by atoms with Crippen LogP contribution < -0.4 is 16.0 Å². The summed E-state index contributed by atoms with van der Waals surface area (Å²) in [5.41, 5.74) is 7.29. The van der Waals surface area contributed by atoms with Crippen molar-refractivity contribution in [3.05, 3.63) is 30.3 Å². The third-order valence-corrected chi connectivity index (χ3v) is 5.53. The zero-order chi connectivity index (χ0) is 16.3. The van der Waals surface area contributed by atoms with Crippen LogP contribution in [0.5, 0.6) is 0 Å². The molecule has 0 bridgehead atoms. The molecule has 1 aromatic carbocycles. The molecule has 2 atom stereocenters. The number of carbonyl (C=O) groups excluding carboxylic acids is 1. The molecule has 3 N–H and O–H groups in total. The van der Waals surface area contributed by atoms with Gasteiger partial charge in [0.05, 0.1) is 5.92 Å². The Morgan fingerprint density at radius 2 is 1.76 bits per heavy atom. The number of nitrogens with zero attached hydrogens (tertiary/aromatic N) is 1. The predicted molar refractivity (Wildman–Crippen MR) is 109 cm³/mol. The lowest BCUT2D eigenvalue weighted by Gasteiger charge is -2.39. The average Bonchev–Trinajstić information content (AvgIpc) is 2.56. The van der Waals surface area contributed by atoms with Crippen LogP contribution in [0.15, 0.2) is 30.3 Å². The fourth-order valence-corrected chi connectivity index (χ4v) is 4.01. The molecule has 1 aromatic rings. The summed E-state index contributed by atoms with van der Waals surface area (Å²) in [4.78, 5) is 15.0. The van der Waals surface area contributed by atoms with Crippen molar-refractivity contribution in [2.45, 2.75) is 57.0 Å². The molecule has 1 heterocycles. The molecule has 6 heteroatoms. The van der Waals surface area contributed by atoms with Crippen molar-refractivity contribution in [2.75, 3.05) is 18.0 Å². The van der Waals surface area contributed by atoms with E-state index in [1.165, 1.54) is 5.69 Å². The Morgan fingerprint density at radius 3 is 2.36 bits per heavy atom. The molecular formula is C19H31Cl2N3O. The van der Waals surface area contributed by atoms with E-state index in [0.717, 1.165) is 51.6 Å². The molecule has 3 rings (SSSR count). The highest BCUT2D eigenvalue weighted by atomic mass is 35.5. The van der Waals surface area contributed by atoms with E-state index < -0.39 is 0 Å². The first-order valence-electron chi connectivity index (χ1n) is 8.95. The summed E-state index contributed by atoms with van der Waals surface area (Å²) in [5.74, 6) is 0.149. The fraction of sp³-hybridized carbons (Fsp3) is 0.632. The van der Waals surface area contributed by atoms with E-state index in [9.17, 15) is 4.79 Å². The van der Waals surface area contributed by atoms with Gasteiger partial charge in [0.15, 0.2) is 0 Å². The fourth-order valence-electron chi connectivity index (χ4n) is 4.01. The third-order valence-electron chi connectivity index (χ3n) is 5.53. The Kier molecular flexibility index (Phi) is 8.52. The van der Waals surface area contributed by atoms with E-state index in [1.54, 1.807) is 0 Å². The number of nitrogens with one attached hydrogen (secondary N) is 1. The van der Waals surface area contributed by atoms with Gasteiger partial charge < -0.3 is 16.0 Å². The van der Waals surface area contributed by atoms with Crippen molar-refractivity contribution < 1.29 is 4.79 Å². The summed E-state index contributed by atoms with van der Waals surface area (Å²) in [5, 5.41) is 3.27. The molecule has 25 heavy (non-hydrogen) atoms. The van der Waals surface area contributed by atoms with Crippen molar-refractivity contribution in [2.24, 2.45) is 11.7 Å². The van der Waals surface area contributed by atoms with Crippen LogP contribution in [-0.2, 0) is 4.79 Å². The summed E-state index contributed by atoms with van der Waals surface area (Å²) in [6.45, 7) is 4.04. The quantitative estimate of drug-likeness (QED) is 0.833. The number of piperidine rings is 1. The largest absolute Gasteiger partial charge is 0.371 e. The molecule has 1 aliphatic heterocycles. The van der Waals surface area contributed by atoms with Gasteiger partial charge in [0.2, 0.25) is 5.91 Å². The number of carbonyl (C=O) groups is 1. The molecule has 1 saturated heterocycles. The van der Waals surface area contributed by atoms with Crippen LogP contribution in [0.4, 0.5) is 5.69 Å². The molecule has 2 fully saturated rings. The van der Waals surface area contributed by atoms with Crippen LogP contribution in [0.3, 0.4) is 0 Å². The summed E-state index contributed by atoms with van der Waals surface area (Å²) >= 11 is 0. The standard InChI is InChI=1S/C19H29N3O.2ClH/c1-19(20)12-6-5-9-17(19)18(23)21-15-10-13-22(14-11-15)16-7-3-2-4-8-16;;/h2-4,7-8,15,17H,5-6,9-14,20H2,1H3,(H,21,23);2*1H. The second-order valence-electron chi connectivity index (χ2n) is 7.41. The van der Waals surface area contributed by atoms with Crippen molar-refractivity contribution in [1.29, 1.82) is 0 Å². The first-order valence-corrected chi connectivity index (χ1v) is 8.95. The lowest BCUT2D eigenvalue weighted by molar-refractivity contribution is -0.129. The first-order chi connectivity index (χ1) is 11.1. The van der Waals surface area contributed by atoms with Gasteiger partial charge >= 0.3 is 0 Å². The lowest BCUT2D eigenvalue weighted by atomic mass is 9.74. The van der Waals surface area contributed by atoms with Gasteiger partial charge in [-0.1, -0.05) is 31.0 Å². The maximum absolute atomic E-state index is 12.6. The number of amides is 1. The number of nitrogens with two attached hydrogens (primary N) is 1. The highest BCUT2D eigenvalue weighted by Gasteiger charge is 2.38. The Bertz CT molecular complexity index is 531. The van der Waals surface area contributed by atoms with Crippen molar-refractivity contribution in [3.8, 4) is 0 Å². The van der Waals surface area contributed by atoms with Gasteiger partial charge in [0.1, 0.15) is 0 Å². The van der Waals surface area contributed by atoms with Gasteiger partial charge in [-0.2, -0.15) is 0 Å². The van der Waals surface area contributed by atoms with E-state index in [0.29, 0.717) is 6.04 Å². The molecule has 2 aliphatic rings. The van der Waals surface area contributed by atoms with Crippen molar-refractivity contribution in [1.82, 2.24) is 5.32 Å². The summed E-state index contributed by atoms with van der Waals surface area (Å²) in [6, 6.07) is 10.8. The highest BCUT2D eigenvalue weighted by Crippen LogP contribution is 2.32. The zero-order valence-electron chi connectivity index (χ0n) is 14.9. The molecular weight excluding hydrogens is 357 g/mol. The van der Waals surface area contributed by atoms with Gasteiger partial charge in [0, 0.05) is 30.4 Å². The van der Waals surface area contributed by atoms with Gasteiger partial charge in [-0.05, 0) is 44.7 Å². The molecule has 0 spiro atoms. The van der Waals surface area contributed by atoms with E-state index in [-0.39, 0.29) is 42.2 Å². The van der Waals surface area contributed by atoms with Crippen LogP contribution in [0.2, 0.25) is 0 Å². The predicted octanol–water partition coefficient (Wildman–Crippen LogP) is 3.52. The second kappa shape index (κ2) is 9.65. The van der Waals surface area contributed by atoms with E-state index >= 15 is 0 Å². The number of hydrogen-bond acceptors (Lipinski definition) is 3. The monoisotopic (exact) mass is 387 g/mol. The molecule has 4 nitrogen and oxygen atoms in total. The minimum absolute atomic E-state index is 0. The van der Waals surface area contributed by atoms with E-state index in [4.69, 9.17) is 5.73 Å². The van der Waals surface area contributed by atoms with Gasteiger partial charge in [0.25, 0.3) is 0 Å². The number of halogens is 2. The Balaban J connectivity index is 0.00000156. The molecule has 1 saturated carbocycles. The minimum atomic E-state index is -0.340. The van der Waals surface area contributed by atoms with Crippen LogP contribution in [0.1, 0.15) is 45.4 Å². The molecule has 1 amide bonds. The maximum Gasteiger partial charge on any atom is 0.225 e. The third kappa shape index (κ3) is 5.50. The number of hydrogen-bond donors (Lipinski definition) is 2. The van der Waals surface area contributed by atoms with Crippen molar-refractivity contribution in [3.63, 3.8) is 0 Å². The molecule has 142 valence electrons. The van der Waals surface area contributed by atoms with Gasteiger partial charge in [-0.3, -0.25) is 4.79 Å². The topological polar surface area (TPSA) is 58.4 Å². The van der Waals surface area contributed by atoms with Crippen molar-refractivity contribution >= 4 is 36.4 Å². The van der Waals surface area contributed by atoms with E-state index in [2.05, 4.69) is 34.5 Å². The average molecular weight is 388 g/mol. The van der Waals surface area contributed by atoms with Crippen LogP contribution in [-0.4, -0.2) is 30.6 Å².